The van der Waals surface area contributed by atoms with E-state index in [4.69, 9.17) is 16.3 Å². The number of aromatic nitrogens is 1. The average Bonchev–Trinajstić information content (AvgIpc) is 2.57. The predicted octanol–water partition coefficient (Wildman–Crippen LogP) is 4.50. The van der Waals surface area contributed by atoms with Gasteiger partial charge in [-0.1, -0.05) is 23.7 Å². The standard InChI is InChI=1S/C16H12ClF3N2O3/c1-24-10-4-2-9(3-5-10)8-22-14-12(11(17)6-7-21-14)13(16(18,19)20)25-15(22)23/h2-7,13H,8H2,1H3. The van der Waals surface area contributed by atoms with Crippen molar-refractivity contribution in [3.05, 3.63) is 52.7 Å². The molecule has 1 aliphatic heterocycles. The molecule has 1 atom stereocenters. The molecule has 1 aliphatic rings. The van der Waals surface area contributed by atoms with Crippen LogP contribution in [0.25, 0.3) is 0 Å². The minimum atomic E-state index is -4.79. The van der Waals surface area contributed by atoms with E-state index in [2.05, 4.69) is 9.72 Å². The highest BCUT2D eigenvalue weighted by atomic mass is 35.5. The van der Waals surface area contributed by atoms with Gasteiger partial charge in [-0.25, -0.2) is 9.78 Å². The quantitative estimate of drug-likeness (QED) is 0.795. The van der Waals surface area contributed by atoms with Crippen LogP contribution in [0.3, 0.4) is 0 Å². The molecule has 0 fully saturated rings. The molecule has 5 nitrogen and oxygen atoms in total. The first-order valence-corrected chi connectivity index (χ1v) is 7.51. The number of halogens is 4. The Kier molecular flexibility index (Phi) is 4.47. The molecule has 2 heterocycles. The number of carbonyl (C=O) groups excluding carboxylic acids is 1. The molecule has 0 bridgehead atoms. The average molecular weight is 373 g/mol. The fourth-order valence-corrected chi connectivity index (χ4v) is 2.73. The van der Waals surface area contributed by atoms with Crippen LogP contribution < -0.4 is 9.64 Å². The van der Waals surface area contributed by atoms with Crippen molar-refractivity contribution in [2.45, 2.75) is 18.8 Å². The second-order valence-corrected chi connectivity index (χ2v) is 5.68. The number of amides is 1. The maximum absolute atomic E-state index is 13.2. The number of methoxy groups -OCH3 is 1. The maximum Gasteiger partial charge on any atom is 0.430 e. The minimum Gasteiger partial charge on any atom is -0.497 e. The van der Waals surface area contributed by atoms with E-state index in [1.54, 1.807) is 24.3 Å². The summed E-state index contributed by atoms with van der Waals surface area (Å²) >= 11 is 5.92. The predicted molar refractivity (Wildman–Crippen MR) is 83.7 cm³/mol. The van der Waals surface area contributed by atoms with Gasteiger partial charge in [-0.05, 0) is 23.8 Å². The van der Waals surface area contributed by atoms with Gasteiger partial charge in [0.1, 0.15) is 11.6 Å². The molecule has 1 amide bonds. The molecule has 0 saturated heterocycles. The molecule has 2 aromatic rings. The molecule has 1 aromatic carbocycles. The van der Waals surface area contributed by atoms with Gasteiger partial charge in [-0.15, -0.1) is 0 Å². The number of hydrogen-bond acceptors (Lipinski definition) is 4. The second-order valence-electron chi connectivity index (χ2n) is 5.27. The summed E-state index contributed by atoms with van der Waals surface area (Å²) in [6, 6.07) is 7.95. The van der Waals surface area contributed by atoms with E-state index in [-0.39, 0.29) is 22.9 Å². The topological polar surface area (TPSA) is 51.7 Å². The third kappa shape index (κ3) is 3.34. The number of pyridine rings is 1. The number of anilines is 1. The normalized spacial score (nSPS) is 17.1. The van der Waals surface area contributed by atoms with Crippen molar-refractivity contribution < 1.29 is 27.4 Å². The fourth-order valence-electron chi connectivity index (χ4n) is 2.49. The Morgan fingerprint density at radius 3 is 2.56 bits per heavy atom. The number of carbonyl (C=O) groups is 1. The van der Waals surface area contributed by atoms with Gasteiger partial charge in [0.2, 0.25) is 6.10 Å². The zero-order valence-corrected chi connectivity index (χ0v) is 13.6. The van der Waals surface area contributed by atoms with Gasteiger partial charge in [0.15, 0.2) is 0 Å². The van der Waals surface area contributed by atoms with Crippen molar-refractivity contribution in [1.29, 1.82) is 0 Å². The highest BCUT2D eigenvalue weighted by molar-refractivity contribution is 6.32. The van der Waals surface area contributed by atoms with E-state index in [0.717, 1.165) is 4.90 Å². The van der Waals surface area contributed by atoms with E-state index >= 15 is 0 Å². The Morgan fingerprint density at radius 1 is 1.28 bits per heavy atom. The molecule has 9 heteroatoms. The number of cyclic esters (lactones) is 1. The number of ether oxygens (including phenoxy) is 2. The Balaban J connectivity index is 2.00. The van der Waals surface area contributed by atoms with Crippen molar-refractivity contribution in [1.82, 2.24) is 4.98 Å². The lowest BCUT2D eigenvalue weighted by Crippen LogP contribution is -2.41. The fraction of sp³-hybridized carbons (Fsp3) is 0.250. The molecule has 132 valence electrons. The lowest BCUT2D eigenvalue weighted by atomic mass is 10.1. The molecule has 1 aromatic heterocycles. The van der Waals surface area contributed by atoms with Crippen LogP contribution in [0.2, 0.25) is 5.02 Å². The molecular formula is C16H12ClF3N2O3. The molecule has 0 radical (unpaired) electrons. The van der Waals surface area contributed by atoms with Crippen LogP contribution in [-0.2, 0) is 11.3 Å². The lowest BCUT2D eigenvalue weighted by Gasteiger charge is -2.34. The summed E-state index contributed by atoms with van der Waals surface area (Å²) in [6.45, 7) is -0.0201. The Morgan fingerprint density at radius 2 is 1.96 bits per heavy atom. The molecule has 0 N–H and O–H groups in total. The Labute approximate surface area is 145 Å². The smallest absolute Gasteiger partial charge is 0.430 e. The van der Waals surface area contributed by atoms with Gasteiger partial charge < -0.3 is 9.47 Å². The summed E-state index contributed by atoms with van der Waals surface area (Å²) in [5, 5.41) is -0.167. The molecular weight excluding hydrogens is 361 g/mol. The monoisotopic (exact) mass is 372 g/mol. The van der Waals surface area contributed by atoms with Crippen LogP contribution in [0.5, 0.6) is 5.75 Å². The number of rotatable bonds is 3. The molecule has 0 aliphatic carbocycles. The number of benzene rings is 1. The maximum atomic E-state index is 13.2. The summed E-state index contributed by atoms with van der Waals surface area (Å²) in [7, 11) is 1.51. The van der Waals surface area contributed by atoms with Crippen molar-refractivity contribution in [2.75, 3.05) is 12.0 Å². The van der Waals surface area contributed by atoms with Gasteiger partial charge >= 0.3 is 12.3 Å². The van der Waals surface area contributed by atoms with Crippen molar-refractivity contribution in [3.8, 4) is 5.75 Å². The first-order chi connectivity index (χ1) is 11.8. The van der Waals surface area contributed by atoms with Gasteiger partial charge in [-0.3, -0.25) is 4.90 Å². The third-order valence-electron chi connectivity index (χ3n) is 3.67. The van der Waals surface area contributed by atoms with Crippen molar-refractivity contribution in [3.63, 3.8) is 0 Å². The van der Waals surface area contributed by atoms with Crippen LogP contribution in [0, 0.1) is 0 Å². The van der Waals surface area contributed by atoms with E-state index in [0.29, 0.717) is 11.3 Å². The van der Waals surface area contributed by atoms with Crippen LogP contribution in [0.1, 0.15) is 17.2 Å². The SMILES string of the molecule is COc1ccc(CN2C(=O)OC(C(F)(F)F)c3c(Cl)ccnc32)cc1. The summed E-state index contributed by atoms with van der Waals surface area (Å²) < 4.78 is 49.3. The minimum absolute atomic E-state index is 0.0201. The zero-order valence-electron chi connectivity index (χ0n) is 12.9. The van der Waals surface area contributed by atoms with Gasteiger partial charge in [-0.2, -0.15) is 13.2 Å². The summed E-state index contributed by atoms with van der Waals surface area (Å²) in [4.78, 5) is 17.1. The third-order valence-corrected chi connectivity index (χ3v) is 4.00. The Hall–Kier alpha value is -2.48. The van der Waals surface area contributed by atoms with Gasteiger partial charge in [0, 0.05) is 6.20 Å². The van der Waals surface area contributed by atoms with E-state index in [9.17, 15) is 18.0 Å². The van der Waals surface area contributed by atoms with Gasteiger partial charge in [0.25, 0.3) is 0 Å². The van der Waals surface area contributed by atoms with Crippen molar-refractivity contribution >= 4 is 23.5 Å². The number of hydrogen-bond donors (Lipinski definition) is 0. The molecule has 0 saturated carbocycles. The second kappa shape index (κ2) is 6.44. The first kappa shape index (κ1) is 17.3. The van der Waals surface area contributed by atoms with Gasteiger partial charge in [0.05, 0.1) is 24.2 Å². The van der Waals surface area contributed by atoms with E-state index in [1.807, 2.05) is 0 Å². The van der Waals surface area contributed by atoms with Crippen LogP contribution >= 0.6 is 11.6 Å². The number of fused-ring (bicyclic) bond motifs is 1. The summed E-state index contributed by atoms with van der Waals surface area (Å²) in [5.74, 6) is 0.450. The van der Waals surface area contributed by atoms with Crippen LogP contribution in [0.4, 0.5) is 23.8 Å². The molecule has 1 unspecified atom stereocenters. The molecule has 25 heavy (non-hydrogen) atoms. The van der Waals surface area contributed by atoms with Crippen LogP contribution in [-0.4, -0.2) is 24.4 Å². The lowest BCUT2D eigenvalue weighted by molar-refractivity contribution is -0.207. The van der Waals surface area contributed by atoms with E-state index < -0.39 is 18.4 Å². The zero-order chi connectivity index (χ0) is 18.2. The summed E-state index contributed by atoms with van der Waals surface area (Å²) in [5.41, 5.74) is 0.292. The largest absolute Gasteiger partial charge is 0.497 e. The highest BCUT2D eigenvalue weighted by Crippen LogP contribution is 2.46. The van der Waals surface area contributed by atoms with Crippen molar-refractivity contribution in [2.24, 2.45) is 0 Å². The molecule has 3 rings (SSSR count). The first-order valence-electron chi connectivity index (χ1n) is 7.13. The van der Waals surface area contributed by atoms with E-state index in [1.165, 1.54) is 19.4 Å². The number of alkyl halides is 3. The Bertz CT molecular complexity index is 796. The highest BCUT2D eigenvalue weighted by Gasteiger charge is 2.51. The molecule has 0 spiro atoms. The van der Waals surface area contributed by atoms with Crippen LogP contribution in [0.15, 0.2) is 36.5 Å². The number of nitrogens with zero attached hydrogens (tertiary/aromatic N) is 2. The summed E-state index contributed by atoms with van der Waals surface area (Å²) in [6.07, 6.45) is -7.12.